The van der Waals surface area contributed by atoms with E-state index in [9.17, 15) is 18.0 Å². The molecule has 8 heteroatoms. The molecule has 2 aliphatic heterocycles. The summed E-state index contributed by atoms with van der Waals surface area (Å²) in [6, 6.07) is 19.1. The van der Waals surface area contributed by atoms with Crippen molar-refractivity contribution in [3.8, 4) is 16.9 Å². The van der Waals surface area contributed by atoms with Crippen LogP contribution in [0.3, 0.4) is 0 Å². The average molecular weight is 508 g/mol. The Morgan fingerprint density at radius 2 is 1.68 bits per heavy atom. The van der Waals surface area contributed by atoms with E-state index in [2.05, 4.69) is 29.0 Å². The summed E-state index contributed by atoms with van der Waals surface area (Å²) in [5.41, 5.74) is 5.02. The highest BCUT2D eigenvalue weighted by Gasteiger charge is 2.41. The van der Waals surface area contributed by atoms with Gasteiger partial charge in [-0.1, -0.05) is 60.7 Å². The number of morpholine rings is 1. The second-order valence-corrected chi connectivity index (χ2v) is 9.36. The fraction of sp³-hybridized carbons (Fsp3) is 0.276. The van der Waals surface area contributed by atoms with Crippen LogP contribution >= 0.6 is 0 Å². The highest BCUT2D eigenvalue weighted by molar-refractivity contribution is 5.80. The molecular formula is C29H24F3NO4. The van der Waals surface area contributed by atoms with Gasteiger partial charge >= 0.3 is 12.7 Å². The SMILES string of the molecule is O=C(OCC1c2ccccc2-c2ccccc21)N1C2C=C(c3c(F)cccc3OC(F)F)CC1COC2. The number of amides is 1. The van der Waals surface area contributed by atoms with Crippen molar-refractivity contribution < 1.29 is 32.2 Å². The van der Waals surface area contributed by atoms with E-state index in [0.717, 1.165) is 22.3 Å². The van der Waals surface area contributed by atoms with Gasteiger partial charge in [0, 0.05) is 5.92 Å². The third-order valence-corrected chi connectivity index (χ3v) is 7.26. The molecule has 6 rings (SSSR count). The molecule has 3 aromatic rings. The quantitative estimate of drug-likeness (QED) is 0.411. The molecule has 2 bridgehead atoms. The topological polar surface area (TPSA) is 48.0 Å². The van der Waals surface area contributed by atoms with Gasteiger partial charge in [-0.2, -0.15) is 8.78 Å². The maximum Gasteiger partial charge on any atom is 0.410 e. The van der Waals surface area contributed by atoms with Gasteiger partial charge in [-0.15, -0.1) is 0 Å². The van der Waals surface area contributed by atoms with Gasteiger partial charge in [0.1, 0.15) is 18.2 Å². The van der Waals surface area contributed by atoms with Crippen molar-refractivity contribution >= 4 is 11.7 Å². The number of halogens is 3. The molecule has 1 fully saturated rings. The first kappa shape index (κ1) is 23.6. The molecule has 3 aliphatic rings. The monoisotopic (exact) mass is 507 g/mol. The molecule has 2 atom stereocenters. The number of nitrogens with zero attached hydrogens (tertiary/aromatic N) is 1. The number of rotatable bonds is 5. The summed E-state index contributed by atoms with van der Waals surface area (Å²) in [5.74, 6) is -0.955. The number of carbonyl (C=O) groups excluding carboxylic acids is 1. The fourth-order valence-corrected chi connectivity index (χ4v) is 5.74. The summed E-state index contributed by atoms with van der Waals surface area (Å²) < 4.78 is 56.7. The third kappa shape index (κ3) is 4.25. The molecule has 0 saturated carbocycles. The first-order valence-corrected chi connectivity index (χ1v) is 12.2. The summed E-state index contributed by atoms with van der Waals surface area (Å²) in [7, 11) is 0. The lowest BCUT2D eigenvalue weighted by Gasteiger charge is -2.44. The number of carbonyl (C=O) groups is 1. The van der Waals surface area contributed by atoms with E-state index in [1.165, 1.54) is 18.2 Å². The highest BCUT2D eigenvalue weighted by atomic mass is 19.3. The number of hydrogen-bond acceptors (Lipinski definition) is 4. The lowest BCUT2D eigenvalue weighted by molar-refractivity contribution is -0.0503. The Morgan fingerprint density at radius 3 is 2.35 bits per heavy atom. The molecule has 2 unspecified atom stereocenters. The van der Waals surface area contributed by atoms with Crippen LogP contribution in [-0.4, -0.2) is 49.5 Å². The van der Waals surface area contributed by atoms with Crippen LogP contribution in [0.15, 0.2) is 72.8 Å². The molecule has 2 heterocycles. The zero-order valence-corrected chi connectivity index (χ0v) is 19.8. The minimum atomic E-state index is -3.08. The van der Waals surface area contributed by atoms with Crippen LogP contribution < -0.4 is 4.74 Å². The van der Waals surface area contributed by atoms with Crippen LogP contribution in [0.1, 0.15) is 29.0 Å². The van der Waals surface area contributed by atoms with Gasteiger partial charge < -0.3 is 14.2 Å². The number of fused-ring (bicyclic) bond motifs is 5. The Labute approximate surface area is 212 Å². The summed E-state index contributed by atoms with van der Waals surface area (Å²) >= 11 is 0. The predicted octanol–water partition coefficient (Wildman–Crippen LogP) is 6.23. The van der Waals surface area contributed by atoms with Crippen molar-refractivity contribution in [3.63, 3.8) is 0 Å². The van der Waals surface area contributed by atoms with Crippen LogP contribution in [0, 0.1) is 5.82 Å². The molecule has 0 spiro atoms. The Kier molecular flexibility index (Phi) is 6.12. The molecule has 37 heavy (non-hydrogen) atoms. The van der Waals surface area contributed by atoms with Crippen molar-refractivity contribution in [1.29, 1.82) is 0 Å². The van der Waals surface area contributed by atoms with Crippen LogP contribution in [0.2, 0.25) is 0 Å². The Hall–Kier alpha value is -3.78. The molecule has 0 N–H and O–H groups in total. The van der Waals surface area contributed by atoms with Crippen molar-refractivity contribution in [3.05, 3.63) is 95.3 Å². The minimum Gasteiger partial charge on any atom is -0.448 e. The lowest BCUT2D eigenvalue weighted by atomic mass is 9.89. The first-order valence-electron chi connectivity index (χ1n) is 12.2. The second-order valence-electron chi connectivity index (χ2n) is 9.36. The van der Waals surface area contributed by atoms with Crippen LogP contribution in [-0.2, 0) is 9.47 Å². The first-order chi connectivity index (χ1) is 18.0. The van der Waals surface area contributed by atoms with E-state index in [1.807, 2.05) is 24.3 Å². The fourth-order valence-electron chi connectivity index (χ4n) is 5.74. The second kappa shape index (κ2) is 9.59. The molecule has 0 aromatic heterocycles. The van der Waals surface area contributed by atoms with E-state index in [-0.39, 0.29) is 43.5 Å². The molecular weight excluding hydrogens is 483 g/mol. The van der Waals surface area contributed by atoms with Gasteiger partial charge in [0.05, 0.1) is 30.9 Å². The highest BCUT2D eigenvalue weighted by Crippen LogP contribution is 2.45. The van der Waals surface area contributed by atoms with Crippen molar-refractivity contribution in [2.45, 2.75) is 31.0 Å². The summed E-state index contributed by atoms with van der Waals surface area (Å²) in [5, 5.41) is 0. The Bertz CT molecular complexity index is 1330. The Balaban J connectivity index is 1.24. The third-order valence-electron chi connectivity index (χ3n) is 7.26. The maximum atomic E-state index is 14.8. The van der Waals surface area contributed by atoms with Gasteiger partial charge in [0.15, 0.2) is 0 Å². The molecule has 1 aliphatic carbocycles. The Morgan fingerprint density at radius 1 is 0.973 bits per heavy atom. The number of ether oxygens (including phenoxy) is 3. The van der Waals surface area contributed by atoms with Crippen LogP contribution in [0.4, 0.5) is 18.0 Å². The molecule has 1 amide bonds. The van der Waals surface area contributed by atoms with Gasteiger partial charge in [-0.25, -0.2) is 9.18 Å². The van der Waals surface area contributed by atoms with E-state index in [4.69, 9.17) is 9.47 Å². The van der Waals surface area contributed by atoms with Crippen molar-refractivity contribution in [2.75, 3.05) is 19.8 Å². The number of benzene rings is 3. The van der Waals surface area contributed by atoms with Crippen molar-refractivity contribution in [1.82, 2.24) is 4.90 Å². The molecule has 3 aromatic carbocycles. The van der Waals surface area contributed by atoms with E-state index < -0.39 is 30.6 Å². The van der Waals surface area contributed by atoms with Crippen LogP contribution in [0.5, 0.6) is 5.75 Å². The molecule has 190 valence electrons. The van der Waals surface area contributed by atoms with E-state index in [1.54, 1.807) is 11.0 Å². The van der Waals surface area contributed by atoms with Gasteiger partial charge in [0.2, 0.25) is 0 Å². The summed E-state index contributed by atoms with van der Waals surface area (Å²) in [6.07, 6.45) is 1.43. The van der Waals surface area contributed by atoms with Crippen LogP contribution in [0.25, 0.3) is 16.7 Å². The zero-order chi connectivity index (χ0) is 25.5. The van der Waals surface area contributed by atoms with E-state index in [0.29, 0.717) is 5.57 Å². The van der Waals surface area contributed by atoms with Crippen molar-refractivity contribution in [2.24, 2.45) is 0 Å². The minimum absolute atomic E-state index is 0.00751. The van der Waals surface area contributed by atoms with Gasteiger partial charge in [-0.05, 0) is 46.4 Å². The zero-order valence-electron chi connectivity index (χ0n) is 19.8. The van der Waals surface area contributed by atoms with Gasteiger partial charge in [-0.3, -0.25) is 4.90 Å². The number of hydrogen-bond donors (Lipinski definition) is 0. The van der Waals surface area contributed by atoms with E-state index >= 15 is 0 Å². The maximum absolute atomic E-state index is 14.8. The average Bonchev–Trinajstić information content (AvgIpc) is 3.20. The van der Waals surface area contributed by atoms with Gasteiger partial charge in [0.25, 0.3) is 0 Å². The lowest BCUT2D eigenvalue weighted by Crippen LogP contribution is -2.56. The summed E-state index contributed by atoms with van der Waals surface area (Å²) in [6.45, 7) is -2.47. The standard InChI is InChI=1S/C29H24F3NO4/c30-25-10-5-11-26(37-28(31)32)27(25)17-12-18-14-35-15-19(13-17)33(18)29(34)36-16-24-22-8-3-1-6-20(22)21-7-2-4-9-23(21)24/h1-12,18-19,24,28H,13-16H2. The summed E-state index contributed by atoms with van der Waals surface area (Å²) in [4.78, 5) is 15.0. The molecule has 1 saturated heterocycles. The molecule has 5 nitrogen and oxygen atoms in total. The predicted molar refractivity (Wildman–Crippen MR) is 131 cm³/mol. The smallest absolute Gasteiger partial charge is 0.410 e. The molecule has 0 radical (unpaired) electrons. The largest absolute Gasteiger partial charge is 0.448 e. The normalized spacial score (nSPS) is 20.3. The number of alkyl halides is 2.